The van der Waals surface area contributed by atoms with Crippen molar-refractivity contribution in [2.45, 2.75) is 32.3 Å². The number of rotatable bonds is 4. The minimum Gasteiger partial charge on any atom is -0.387 e. The minimum atomic E-state index is -0.655. The van der Waals surface area contributed by atoms with Gasteiger partial charge in [0.2, 0.25) is 11.8 Å². The predicted octanol–water partition coefficient (Wildman–Crippen LogP) is -0.587. The van der Waals surface area contributed by atoms with Gasteiger partial charge in [0.1, 0.15) is 0 Å². The van der Waals surface area contributed by atoms with Crippen molar-refractivity contribution in [3.05, 3.63) is 0 Å². The van der Waals surface area contributed by atoms with Crippen LogP contribution in [0, 0.1) is 11.8 Å². The Morgan fingerprint density at radius 3 is 2.60 bits per heavy atom. The van der Waals surface area contributed by atoms with Gasteiger partial charge in [-0.3, -0.25) is 14.5 Å². The van der Waals surface area contributed by atoms with Crippen LogP contribution in [-0.2, 0) is 9.59 Å². The van der Waals surface area contributed by atoms with Crippen molar-refractivity contribution in [2.24, 2.45) is 17.6 Å². The van der Waals surface area contributed by atoms with Crippen molar-refractivity contribution < 1.29 is 14.7 Å². The summed E-state index contributed by atoms with van der Waals surface area (Å²) < 4.78 is 0. The molecule has 3 N–H and O–H groups in total. The van der Waals surface area contributed by atoms with Crippen molar-refractivity contribution in [2.75, 3.05) is 32.7 Å². The number of carbonyl (C=O) groups excluding carboxylic acids is 2. The molecular weight excluding hydrogens is 258 g/mol. The Balaban J connectivity index is 1.80. The molecule has 0 aromatic heterocycles. The van der Waals surface area contributed by atoms with E-state index in [1.54, 1.807) is 4.90 Å². The largest absolute Gasteiger partial charge is 0.387 e. The van der Waals surface area contributed by atoms with E-state index >= 15 is 0 Å². The monoisotopic (exact) mass is 283 g/mol. The highest BCUT2D eigenvalue weighted by Gasteiger charge is 2.44. The van der Waals surface area contributed by atoms with E-state index in [4.69, 9.17) is 5.73 Å². The molecule has 0 aromatic rings. The van der Waals surface area contributed by atoms with Crippen molar-refractivity contribution >= 4 is 11.8 Å². The molecular formula is C14H25N3O3. The molecule has 2 aliphatic rings. The number of carbonyl (C=O) groups is 2. The van der Waals surface area contributed by atoms with Crippen LogP contribution in [0.3, 0.4) is 0 Å². The van der Waals surface area contributed by atoms with Crippen LogP contribution < -0.4 is 5.73 Å². The number of piperidine rings is 1. The summed E-state index contributed by atoms with van der Waals surface area (Å²) in [6, 6.07) is 0. The van der Waals surface area contributed by atoms with Crippen LogP contribution in [0.15, 0.2) is 0 Å². The lowest BCUT2D eigenvalue weighted by Gasteiger charge is -2.49. The van der Waals surface area contributed by atoms with Crippen LogP contribution in [0.2, 0.25) is 0 Å². The van der Waals surface area contributed by atoms with Gasteiger partial charge in [-0.2, -0.15) is 0 Å². The Labute approximate surface area is 119 Å². The number of hydrogen-bond acceptors (Lipinski definition) is 4. The van der Waals surface area contributed by atoms with Crippen molar-refractivity contribution in [3.8, 4) is 0 Å². The van der Waals surface area contributed by atoms with Crippen LogP contribution in [0.5, 0.6) is 0 Å². The molecule has 2 fully saturated rings. The van der Waals surface area contributed by atoms with Gasteiger partial charge < -0.3 is 15.7 Å². The summed E-state index contributed by atoms with van der Waals surface area (Å²) >= 11 is 0. The van der Waals surface area contributed by atoms with Gasteiger partial charge in [0, 0.05) is 26.2 Å². The molecule has 6 nitrogen and oxygen atoms in total. The smallest absolute Gasteiger partial charge is 0.236 e. The molecule has 20 heavy (non-hydrogen) atoms. The summed E-state index contributed by atoms with van der Waals surface area (Å²) in [5.74, 6) is -0.304. The SMILES string of the molecule is CC(C)C1(O)CN(CC(=O)N2CCCC(C(N)=O)C2)C1. The van der Waals surface area contributed by atoms with Gasteiger partial charge >= 0.3 is 0 Å². The maximum atomic E-state index is 12.2. The van der Waals surface area contributed by atoms with Crippen LogP contribution in [0.4, 0.5) is 0 Å². The van der Waals surface area contributed by atoms with E-state index in [1.165, 1.54) is 0 Å². The standard InChI is InChI=1S/C14H25N3O3/c1-10(2)14(20)8-16(9-14)7-12(18)17-5-3-4-11(6-17)13(15)19/h10-11,20H,3-9H2,1-2H3,(H2,15,19). The molecule has 1 unspecified atom stereocenters. The molecule has 2 heterocycles. The van der Waals surface area contributed by atoms with Gasteiger partial charge in [0.15, 0.2) is 0 Å². The summed E-state index contributed by atoms with van der Waals surface area (Å²) in [4.78, 5) is 27.1. The van der Waals surface area contributed by atoms with E-state index < -0.39 is 5.60 Å². The Bertz CT molecular complexity index is 391. The minimum absolute atomic E-state index is 0.0294. The molecule has 2 amide bonds. The van der Waals surface area contributed by atoms with E-state index in [0.29, 0.717) is 32.7 Å². The fourth-order valence-electron chi connectivity index (χ4n) is 2.93. The summed E-state index contributed by atoms with van der Waals surface area (Å²) in [6.45, 7) is 6.53. The summed E-state index contributed by atoms with van der Waals surface area (Å²) in [5.41, 5.74) is 4.66. The fourth-order valence-corrected chi connectivity index (χ4v) is 2.93. The molecule has 1 atom stereocenters. The normalized spacial score (nSPS) is 26.4. The number of nitrogens with two attached hydrogens (primary N) is 1. The first-order chi connectivity index (χ1) is 9.32. The lowest BCUT2D eigenvalue weighted by molar-refractivity contribution is -0.150. The molecule has 114 valence electrons. The third kappa shape index (κ3) is 3.12. The van der Waals surface area contributed by atoms with Gasteiger partial charge in [0.25, 0.3) is 0 Å². The highest BCUT2D eigenvalue weighted by atomic mass is 16.3. The zero-order valence-electron chi connectivity index (χ0n) is 12.3. The molecule has 0 spiro atoms. The second kappa shape index (κ2) is 5.69. The Morgan fingerprint density at radius 2 is 2.05 bits per heavy atom. The molecule has 2 rings (SSSR count). The lowest BCUT2D eigenvalue weighted by Crippen LogP contribution is -2.66. The quantitative estimate of drug-likeness (QED) is 0.722. The molecule has 0 radical (unpaired) electrons. The molecule has 6 heteroatoms. The zero-order chi connectivity index (χ0) is 14.9. The van der Waals surface area contributed by atoms with E-state index in [9.17, 15) is 14.7 Å². The van der Waals surface area contributed by atoms with Gasteiger partial charge in [-0.25, -0.2) is 0 Å². The molecule has 0 aromatic carbocycles. The molecule has 2 aliphatic heterocycles. The Kier molecular flexibility index (Phi) is 4.34. The van der Waals surface area contributed by atoms with Crippen LogP contribution >= 0.6 is 0 Å². The number of nitrogens with zero attached hydrogens (tertiary/aromatic N) is 2. The first-order valence-corrected chi connectivity index (χ1v) is 7.33. The summed E-state index contributed by atoms with van der Waals surface area (Å²) in [7, 11) is 0. The average Bonchev–Trinajstić information content (AvgIpc) is 2.36. The van der Waals surface area contributed by atoms with E-state index in [-0.39, 0.29) is 23.7 Å². The van der Waals surface area contributed by atoms with E-state index in [0.717, 1.165) is 12.8 Å². The Hall–Kier alpha value is -1.14. The number of primary amides is 1. The van der Waals surface area contributed by atoms with Crippen molar-refractivity contribution in [1.82, 2.24) is 9.80 Å². The number of β-amino-alcohol motifs (C(OH)–C–C–N with tert-alkyl or cyclic N) is 1. The van der Waals surface area contributed by atoms with Crippen LogP contribution in [0.1, 0.15) is 26.7 Å². The number of hydrogen-bond donors (Lipinski definition) is 2. The second-order valence-electron chi connectivity index (χ2n) is 6.48. The molecule has 0 bridgehead atoms. The van der Waals surface area contributed by atoms with E-state index in [1.807, 2.05) is 18.7 Å². The maximum Gasteiger partial charge on any atom is 0.236 e. The second-order valence-corrected chi connectivity index (χ2v) is 6.48. The Morgan fingerprint density at radius 1 is 1.40 bits per heavy atom. The maximum absolute atomic E-state index is 12.2. The van der Waals surface area contributed by atoms with Gasteiger partial charge in [-0.05, 0) is 18.8 Å². The first-order valence-electron chi connectivity index (χ1n) is 7.33. The summed E-state index contributed by atoms with van der Waals surface area (Å²) in [5, 5.41) is 10.2. The third-order valence-corrected chi connectivity index (χ3v) is 4.60. The van der Waals surface area contributed by atoms with Crippen molar-refractivity contribution in [3.63, 3.8) is 0 Å². The first kappa shape index (κ1) is 15.3. The van der Waals surface area contributed by atoms with Gasteiger partial charge in [-0.15, -0.1) is 0 Å². The van der Waals surface area contributed by atoms with Crippen LogP contribution in [0.25, 0.3) is 0 Å². The highest BCUT2D eigenvalue weighted by Crippen LogP contribution is 2.28. The van der Waals surface area contributed by atoms with Gasteiger partial charge in [0.05, 0.1) is 18.1 Å². The van der Waals surface area contributed by atoms with E-state index in [2.05, 4.69) is 0 Å². The number of amides is 2. The van der Waals surface area contributed by atoms with Crippen LogP contribution in [-0.4, -0.2) is 65.0 Å². The average molecular weight is 283 g/mol. The zero-order valence-corrected chi connectivity index (χ0v) is 12.3. The van der Waals surface area contributed by atoms with Gasteiger partial charge in [-0.1, -0.05) is 13.8 Å². The predicted molar refractivity (Wildman–Crippen MR) is 74.7 cm³/mol. The number of likely N-dealkylation sites (tertiary alicyclic amines) is 2. The molecule has 0 aliphatic carbocycles. The third-order valence-electron chi connectivity index (χ3n) is 4.60. The van der Waals surface area contributed by atoms with Crippen molar-refractivity contribution in [1.29, 1.82) is 0 Å². The molecule has 2 saturated heterocycles. The topological polar surface area (TPSA) is 86.9 Å². The summed E-state index contributed by atoms with van der Waals surface area (Å²) in [6.07, 6.45) is 1.60. The highest BCUT2D eigenvalue weighted by molar-refractivity contribution is 5.81. The lowest BCUT2D eigenvalue weighted by atomic mass is 9.83. The fraction of sp³-hybridized carbons (Fsp3) is 0.857. The molecule has 0 saturated carbocycles. The number of aliphatic hydroxyl groups is 1.